The van der Waals surface area contributed by atoms with Gasteiger partial charge in [-0.25, -0.2) is 0 Å². The van der Waals surface area contributed by atoms with Crippen LogP contribution in [0.1, 0.15) is 22.3 Å². The van der Waals surface area contributed by atoms with E-state index in [1.165, 1.54) is 17.7 Å². The van der Waals surface area contributed by atoms with Crippen LogP contribution in [0.25, 0.3) is 0 Å². The van der Waals surface area contributed by atoms with Crippen LogP contribution in [0.2, 0.25) is 0 Å². The van der Waals surface area contributed by atoms with Gasteiger partial charge in [0.15, 0.2) is 0 Å². The Morgan fingerprint density at radius 1 is 1.00 bits per heavy atom. The molecule has 0 radical (unpaired) electrons. The maximum Gasteiger partial charge on any atom is 0.416 e. The summed E-state index contributed by atoms with van der Waals surface area (Å²) in [6, 6.07) is 11.4. The molecule has 3 rings (SSSR count). The van der Waals surface area contributed by atoms with Gasteiger partial charge >= 0.3 is 6.18 Å². The maximum absolute atomic E-state index is 12.9. The molecule has 1 heterocycles. The molecule has 144 valence electrons. The minimum Gasteiger partial charge on any atom is -0.368 e. The lowest BCUT2D eigenvalue weighted by Gasteiger charge is -2.36. The molecule has 1 saturated heterocycles. The second-order valence-corrected chi connectivity index (χ2v) is 7.02. The number of anilines is 1. The quantitative estimate of drug-likeness (QED) is 0.801. The molecule has 1 aliphatic heterocycles. The van der Waals surface area contributed by atoms with Crippen molar-refractivity contribution in [3.8, 4) is 0 Å². The number of hydrogen-bond donors (Lipinski definition) is 0. The topological polar surface area (TPSA) is 23.6 Å². The summed E-state index contributed by atoms with van der Waals surface area (Å²) in [7, 11) is 0. The van der Waals surface area contributed by atoms with Crippen molar-refractivity contribution in [1.29, 1.82) is 0 Å². The molecule has 0 aromatic heterocycles. The molecule has 0 atom stereocenters. The van der Waals surface area contributed by atoms with Crippen LogP contribution < -0.4 is 4.90 Å². The second-order valence-electron chi connectivity index (χ2n) is 7.02. The highest BCUT2D eigenvalue weighted by atomic mass is 19.4. The lowest BCUT2D eigenvalue weighted by molar-refractivity contribution is -0.137. The zero-order chi connectivity index (χ0) is 19.6. The molecule has 6 heteroatoms. The van der Waals surface area contributed by atoms with Crippen LogP contribution in [0.5, 0.6) is 0 Å². The highest BCUT2D eigenvalue weighted by molar-refractivity contribution is 5.79. The van der Waals surface area contributed by atoms with E-state index < -0.39 is 11.7 Å². The van der Waals surface area contributed by atoms with Crippen LogP contribution in [-0.2, 0) is 17.4 Å². The van der Waals surface area contributed by atoms with Crippen molar-refractivity contribution in [3.63, 3.8) is 0 Å². The van der Waals surface area contributed by atoms with E-state index in [1.54, 1.807) is 11.0 Å². The first-order valence-corrected chi connectivity index (χ1v) is 9.00. The van der Waals surface area contributed by atoms with Gasteiger partial charge in [-0.05, 0) is 43.2 Å². The molecule has 0 bridgehead atoms. The molecule has 1 aliphatic rings. The van der Waals surface area contributed by atoms with Gasteiger partial charge in [0.2, 0.25) is 5.91 Å². The summed E-state index contributed by atoms with van der Waals surface area (Å²) < 4.78 is 38.7. The second kappa shape index (κ2) is 7.62. The van der Waals surface area contributed by atoms with Gasteiger partial charge in [0.25, 0.3) is 0 Å². The molecule has 1 amide bonds. The number of carbonyl (C=O) groups excluding carboxylic acids is 1. The standard InChI is InChI=1S/C21H23F3N2O/c1-15-6-7-17(16(2)12-15)13-20(27)26-10-8-25(9-11-26)19-5-3-4-18(14-19)21(22,23)24/h3-7,12,14H,8-11,13H2,1-2H3. The van der Waals surface area contributed by atoms with Crippen molar-refractivity contribution < 1.29 is 18.0 Å². The van der Waals surface area contributed by atoms with Gasteiger partial charge in [-0.1, -0.05) is 29.8 Å². The highest BCUT2D eigenvalue weighted by Crippen LogP contribution is 2.31. The van der Waals surface area contributed by atoms with E-state index in [4.69, 9.17) is 0 Å². The largest absolute Gasteiger partial charge is 0.416 e. The van der Waals surface area contributed by atoms with E-state index in [-0.39, 0.29) is 5.91 Å². The van der Waals surface area contributed by atoms with Gasteiger partial charge in [0, 0.05) is 31.9 Å². The summed E-state index contributed by atoms with van der Waals surface area (Å²) in [6.07, 6.45) is -3.99. The van der Waals surface area contributed by atoms with Crippen LogP contribution in [0.15, 0.2) is 42.5 Å². The van der Waals surface area contributed by atoms with Crippen LogP contribution in [0.3, 0.4) is 0 Å². The molecule has 0 unspecified atom stereocenters. The average molecular weight is 376 g/mol. The molecule has 27 heavy (non-hydrogen) atoms. The van der Waals surface area contributed by atoms with Crippen molar-refractivity contribution in [2.45, 2.75) is 26.4 Å². The summed E-state index contributed by atoms with van der Waals surface area (Å²) >= 11 is 0. The smallest absolute Gasteiger partial charge is 0.368 e. The number of halogens is 3. The zero-order valence-corrected chi connectivity index (χ0v) is 15.5. The number of nitrogens with zero attached hydrogens (tertiary/aromatic N) is 2. The van der Waals surface area contributed by atoms with E-state index in [0.717, 1.165) is 17.2 Å². The molecule has 0 spiro atoms. The van der Waals surface area contributed by atoms with E-state index in [9.17, 15) is 18.0 Å². The Hall–Kier alpha value is -2.50. The van der Waals surface area contributed by atoms with Crippen molar-refractivity contribution in [2.24, 2.45) is 0 Å². The first-order chi connectivity index (χ1) is 12.7. The Morgan fingerprint density at radius 2 is 1.70 bits per heavy atom. The highest BCUT2D eigenvalue weighted by Gasteiger charge is 2.31. The molecular weight excluding hydrogens is 353 g/mol. The van der Waals surface area contributed by atoms with Crippen molar-refractivity contribution >= 4 is 11.6 Å². The minimum absolute atomic E-state index is 0.0608. The summed E-state index contributed by atoms with van der Waals surface area (Å²) in [5.74, 6) is 0.0608. The van der Waals surface area contributed by atoms with Gasteiger partial charge in [-0.2, -0.15) is 13.2 Å². The van der Waals surface area contributed by atoms with Crippen LogP contribution in [0, 0.1) is 13.8 Å². The van der Waals surface area contributed by atoms with Crippen molar-refractivity contribution in [3.05, 3.63) is 64.7 Å². The fourth-order valence-corrected chi connectivity index (χ4v) is 3.41. The third-order valence-corrected chi connectivity index (χ3v) is 5.01. The van der Waals surface area contributed by atoms with E-state index in [0.29, 0.717) is 38.3 Å². The van der Waals surface area contributed by atoms with Crippen LogP contribution in [0.4, 0.5) is 18.9 Å². The maximum atomic E-state index is 12.9. The summed E-state index contributed by atoms with van der Waals surface area (Å²) in [4.78, 5) is 16.3. The SMILES string of the molecule is Cc1ccc(CC(=O)N2CCN(c3cccc(C(F)(F)F)c3)CC2)c(C)c1. The first kappa shape index (κ1) is 19.3. The van der Waals surface area contributed by atoms with Gasteiger partial charge in [-0.15, -0.1) is 0 Å². The molecule has 0 saturated carbocycles. The Balaban J connectivity index is 1.61. The lowest BCUT2D eigenvalue weighted by Crippen LogP contribution is -2.49. The third kappa shape index (κ3) is 4.62. The Labute approximate surface area is 157 Å². The number of alkyl halides is 3. The van der Waals surface area contributed by atoms with E-state index >= 15 is 0 Å². The normalized spacial score (nSPS) is 15.1. The Morgan fingerprint density at radius 3 is 2.33 bits per heavy atom. The zero-order valence-electron chi connectivity index (χ0n) is 15.5. The van der Waals surface area contributed by atoms with Gasteiger partial charge in [-0.3, -0.25) is 4.79 Å². The molecule has 2 aromatic rings. The fraction of sp³-hybridized carbons (Fsp3) is 0.381. The van der Waals surface area contributed by atoms with Gasteiger partial charge < -0.3 is 9.80 Å². The van der Waals surface area contributed by atoms with Gasteiger partial charge in [0.05, 0.1) is 12.0 Å². The van der Waals surface area contributed by atoms with Crippen LogP contribution >= 0.6 is 0 Å². The van der Waals surface area contributed by atoms with Gasteiger partial charge in [0.1, 0.15) is 0 Å². The van der Waals surface area contributed by atoms with Crippen molar-refractivity contribution in [2.75, 3.05) is 31.1 Å². The molecule has 3 nitrogen and oxygen atoms in total. The Bertz CT molecular complexity index is 824. The molecule has 2 aromatic carbocycles. The molecular formula is C21H23F3N2O. The summed E-state index contributed by atoms with van der Waals surface area (Å²) in [5, 5.41) is 0. The third-order valence-electron chi connectivity index (χ3n) is 5.01. The summed E-state index contributed by atoms with van der Waals surface area (Å²) in [5.41, 5.74) is 3.19. The molecule has 0 N–H and O–H groups in total. The van der Waals surface area contributed by atoms with Crippen molar-refractivity contribution in [1.82, 2.24) is 4.90 Å². The molecule has 0 aliphatic carbocycles. The average Bonchev–Trinajstić information content (AvgIpc) is 2.63. The number of rotatable bonds is 3. The van der Waals surface area contributed by atoms with Crippen LogP contribution in [-0.4, -0.2) is 37.0 Å². The fourth-order valence-electron chi connectivity index (χ4n) is 3.41. The first-order valence-electron chi connectivity index (χ1n) is 9.00. The lowest BCUT2D eigenvalue weighted by atomic mass is 10.0. The Kier molecular flexibility index (Phi) is 5.44. The number of carbonyl (C=O) groups is 1. The predicted molar refractivity (Wildman–Crippen MR) is 99.9 cm³/mol. The number of benzene rings is 2. The minimum atomic E-state index is -4.35. The van der Waals surface area contributed by atoms with E-state index in [2.05, 4.69) is 6.07 Å². The molecule has 1 fully saturated rings. The number of amides is 1. The van der Waals surface area contributed by atoms with E-state index in [1.807, 2.05) is 30.9 Å². The summed E-state index contributed by atoms with van der Waals surface area (Å²) in [6.45, 7) is 6.10. The number of hydrogen-bond acceptors (Lipinski definition) is 2. The predicted octanol–water partition coefficient (Wildman–Crippen LogP) is 4.21. The number of aryl methyl sites for hydroxylation is 2. The monoisotopic (exact) mass is 376 g/mol. The number of piperazine rings is 1.